The number of carbonyl (C=O) groups is 3. The third-order valence-corrected chi connectivity index (χ3v) is 8.69. The number of rotatable bonds is 0. The Morgan fingerprint density at radius 3 is 1.07 bits per heavy atom. The van der Waals surface area contributed by atoms with E-state index >= 15 is 0 Å². The molecule has 0 fully saturated rings. The zero-order valence-corrected chi connectivity index (χ0v) is 39.1. The van der Waals surface area contributed by atoms with Crippen LogP contribution in [-0.4, -0.2) is 140 Å². The molecule has 56 heavy (non-hydrogen) atoms. The van der Waals surface area contributed by atoms with Crippen LogP contribution < -0.4 is 16.0 Å². The normalized spacial score (nSPS) is 22.6. The number of Topliss-reactive ketones (excluding diaryl/α,β-unsaturated/α-hetero) is 3. The van der Waals surface area contributed by atoms with Gasteiger partial charge < -0.3 is 16.0 Å². The molecule has 3 aliphatic carbocycles. The molecule has 6 aliphatic rings. The smallest absolute Gasteiger partial charge is 0.389 e. The SMILES string of the molecule is CC1=CC2=CNCCN3CCNC=C4C=C(C)C=C(C=NCCN(CCN=CC(=C1)C2=O)CCN=CC1=CC(C)=CC(=CNCC3)C1=O)C4=O.O=[N+](O)O.[Pr].[Zn]. The van der Waals surface area contributed by atoms with Crippen LogP contribution in [0.5, 0.6) is 0 Å². The fourth-order valence-corrected chi connectivity index (χ4v) is 6.07. The van der Waals surface area contributed by atoms with Gasteiger partial charge >= 0.3 is 5.09 Å². The molecule has 1 radical (unpaired) electrons. The molecule has 291 valence electrons. The molecule has 0 saturated carbocycles. The summed E-state index contributed by atoms with van der Waals surface area (Å²) in [6, 6.07) is 0. The van der Waals surface area contributed by atoms with Gasteiger partial charge in [0.15, 0.2) is 17.3 Å². The second kappa shape index (κ2) is 25.4. The fourth-order valence-electron chi connectivity index (χ4n) is 6.07. The van der Waals surface area contributed by atoms with Crippen LogP contribution in [0.1, 0.15) is 20.8 Å². The van der Waals surface area contributed by atoms with Gasteiger partial charge in [-0.15, -0.1) is 0 Å². The molecule has 0 spiro atoms. The third kappa shape index (κ3) is 16.3. The van der Waals surface area contributed by atoms with Crippen molar-refractivity contribution in [3.63, 3.8) is 0 Å². The van der Waals surface area contributed by atoms with Gasteiger partial charge in [0.25, 0.3) is 0 Å². The van der Waals surface area contributed by atoms with Crippen molar-refractivity contribution in [3.8, 4) is 0 Å². The van der Waals surface area contributed by atoms with Crippen LogP contribution in [-0.2, 0) is 33.9 Å². The van der Waals surface area contributed by atoms with E-state index < -0.39 is 5.09 Å². The first kappa shape index (κ1) is 48.3. The van der Waals surface area contributed by atoms with Crippen LogP contribution in [0, 0.1) is 46.2 Å². The largest absolute Gasteiger partial charge is 0.472 e. The monoisotopic (exact) mass is 945 g/mol. The summed E-state index contributed by atoms with van der Waals surface area (Å²) < 4.78 is 0. The fraction of sp³-hybridized carbons (Fsp3) is 0.385. The number of carbonyl (C=O) groups excluding carboxylic acids is 3. The minimum atomic E-state index is -1.25. The van der Waals surface area contributed by atoms with Crippen LogP contribution in [0.4, 0.5) is 0 Å². The van der Waals surface area contributed by atoms with Crippen molar-refractivity contribution in [2.75, 3.05) is 78.5 Å². The third-order valence-electron chi connectivity index (χ3n) is 8.69. The molecular formula is C39H50N9O6PrZn+. The van der Waals surface area contributed by atoms with E-state index in [1.807, 2.05) is 57.2 Å². The zero-order valence-electron chi connectivity index (χ0n) is 32.4. The van der Waals surface area contributed by atoms with Crippen molar-refractivity contribution in [2.45, 2.75) is 20.8 Å². The number of fused-ring (bicyclic) bond motifs is 15. The number of nitrogens with zero attached hydrogens (tertiary/aromatic N) is 6. The summed E-state index contributed by atoms with van der Waals surface area (Å²) >= 11 is 0. The molecule has 0 unspecified atom stereocenters. The molecule has 6 rings (SSSR count). The van der Waals surface area contributed by atoms with E-state index in [2.05, 4.69) is 40.7 Å². The van der Waals surface area contributed by atoms with E-state index in [4.69, 9.17) is 15.3 Å². The maximum atomic E-state index is 13.3. The summed E-state index contributed by atoms with van der Waals surface area (Å²) in [7, 11) is 0. The van der Waals surface area contributed by atoms with Gasteiger partial charge in [0.2, 0.25) is 0 Å². The van der Waals surface area contributed by atoms with E-state index in [0.29, 0.717) is 112 Å². The van der Waals surface area contributed by atoms with Crippen molar-refractivity contribution in [1.29, 1.82) is 0 Å². The van der Waals surface area contributed by atoms with Crippen LogP contribution >= 0.6 is 0 Å². The summed E-state index contributed by atoms with van der Waals surface area (Å²) in [5.74, 6) is -0.167. The van der Waals surface area contributed by atoms with Gasteiger partial charge in [0.1, 0.15) is 4.91 Å². The van der Waals surface area contributed by atoms with E-state index in [0.717, 1.165) is 16.7 Å². The summed E-state index contributed by atoms with van der Waals surface area (Å²) in [5, 5.41) is 22.6. The summed E-state index contributed by atoms with van der Waals surface area (Å²) in [6.07, 6.45) is 21.7. The Morgan fingerprint density at radius 1 is 0.518 bits per heavy atom. The first-order chi connectivity index (χ1) is 26.0. The molecule has 0 aromatic rings. The molecule has 0 amide bonds. The number of hydrogen-bond donors (Lipinski definition) is 5. The zero-order chi connectivity index (χ0) is 38.9. The average molecular weight is 947 g/mol. The Hall–Kier alpha value is -3.81. The van der Waals surface area contributed by atoms with Gasteiger partial charge in [0.05, 0.1) is 19.6 Å². The van der Waals surface area contributed by atoms with E-state index in [9.17, 15) is 14.4 Å². The number of hydrogen-bond acceptors (Lipinski definition) is 12. The minimum absolute atomic E-state index is 0. The number of nitrogens with one attached hydrogen (secondary N) is 3. The van der Waals surface area contributed by atoms with E-state index in [-0.39, 0.29) is 78.1 Å². The molecule has 5 N–H and O–H groups in total. The summed E-state index contributed by atoms with van der Waals surface area (Å²) in [4.78, 5) is 66.7. The Balaban J connectivity index is 0.00000172. The van der Waals surface area contributed by atoms with Crippen LogP contribution in [0.2, 0.25) is 0 Å². The predicted molar refractivity (Wildman–Crippen MR) is 209 cm³/mol. The average Bonchev–Trinajstić information content (AvgIpc) is 3.11. The number of allylic oxidation sites excluding steroid dienone is 15. The van der Waals surface area contributed by atoms with Gasteiger partial charge in [-0.3, -0.25) is 39.2 Å². The van der Waals surface area contributed by atoms with Gasteiger partial charge in [-0.05, 0) is 73.9 Å². The van der Waals surface area contributed by atoms with Crippen molar-refractivity contribution < 1.29 is 90.7 Å². The second-order valence-corrected chi connectivity index (χ2v) is 13.2. The first-order valence-electron chi connectivity index (χ1n) is 17.9. The Kier molecular flexibility index (Phi) is 22.0. The number of aliphatic imine (C=N–C) groups is 3. The Bertz CT molecular complexity index is 1650. The summed E-state index contributed by atoms with van der Waals surface area (Å²) in [5.41, 5.74) is 6.47. The Labute approximate surface area is 373 Å². The quantitative estimate of drug-likeness (QED) is 0.177. The maximum absolute atomic E-state index is 13.3. The first-order valence-corrected chi connectivity index (χ1v) is 17.9. The number of ketones is 3. The van der Waals surface area contributed by atoms with Gasteiger partial charge in [-0.25, -0.2) is 10.4 Å². The standard InChI is InChI=1S/C39H48N8O3.H2NO3.Pr.Zn/c1-28-16-31-22-40-4-10-46-12-6-42-24-33-18-29(2)19-34(38(33)49)25-43-7-13-47(11-5-41-23-32(17-28)37(31)48)15-9-45-27-36-21-30(3)20-35(39(36)50)26-44-8-14-46;2-1(3)4;;/h16-27,40,42,44H,4-15H2,1-3H3;(H2,2,3,4);;/q;+1;;. The molecule has 17 heteroatoms. The van der Waals surface area contributed by atoms with Crippen LogP contribution in [0.25, 0.3) is 0 Å². The van der Waals surface area contributed by atoms with Crippen molar-refractivity contribution in [2.24, 2.45) is 15.0 Å². The van der Waals surface area contributed by atoms with Crippen molar-refractivity contribution in [1.82, 2.24) is 25.8 Å². The molecule has 3 aliphatic heterocycles. The Morgan fingerprint density at radius 2 is 0.786 bits per heavy atom. The van der Waals surface area contributed by atoms with E-state index in [1.54, 1.807) is 37.2 Å². The van der Waals surface area contributed by atoms with Gasteiger partial charge in [-0.2, -0.15) is 0 Å². The summed E-state index contributed by atoms with van der Waals surface area (Å²) in [6.45, 7) is 13.3. The second-order valence-electron chi connectivity index (χ2n) is 13.2. The maximum Gasteiger partial charge on any atom is 0.472 e. The molecule has 0 saturated heterocycles. The van der Waals surface area contributed by atoms with Gasteiger partial charge in [-0.1, -0.05) is 0 Å². The van der Waals surface area contributed by atoms with Crippen LogP contribution in [0.3, 0.4) is 0 Å². The topological polar surface area (TPSA) is 191 Å². The minimum Gasteiger partial charge on any atom is -0.389 e. The molecular weight excluding hydrogens is 897 g/mol. The van der Waals surface area contributed by atoms with Crippen molar-refractivity contribution in [3.05, 3.63) is 110 Å². The molecule has 8 bridgehead atoms. The molecule has 3 heterocycles. The van der Waals surface area contributed by atoms with E-state index in [1.165, 1.54) is 0 Å². The van der Waals surface area contributed by atoms with Crippen LogP contribution in [0.15, 0.2) is 120 Å². The van der Waals surface area contributed by atoms with Crippen molar-refractivity contribution >= 4 is 36.0 Å². The molecule has 0 aromatic carbocycles. The van der Waals surface area contributed by atoms with Gasteiger partial charge in [0, 0.05) is 190 Å². The molecule has 0 atom stereocenters. The predicted octanol–water partition coefficient (Wildman–Crippen LogP) is 2.16. The molecule has 0 aromatic heterocycles. The molecule has 15 nitrogen and oxygen atoms in total.